The Bertz CT molecular complexity index is 790. The van der Waals surface area contributed by atoms with Gasteiger partial charge in [-0.1, -0.05) is 18.2 Å². The van der Waals surface area contributed by atoms with Crippen LogP contribution < -0.4 is 10.1 Å². The van der Waals surface area contributed by atoms with E-state index < -0.39 is 23.8 Å². The van der Waals surface area contributed by atoms with Crippen LogP contribution in [-0.4, -0.2) is 24.2 Å². The lowest BCUT2D eigenvalue weighted by Gasteiger charge is -2.38. The summed E-state index contributed by atoms with van der Waals surface area (Å²) < 4.78 is 32.6. The molecule has 0 bridgehead atoms. The van der Waals surface area contributed by atoms with Gasteiger partial charge in [0, 0.05) is 11.6 Å². The first-order chi connectivity index (χ1) is 12.5. The van der Waals surface area contributed by atoms with E-state index in [0.29, 0.717) is 18.6 Å². The van der Waals surface area contributed by atoms with E-state index in [9.17, 15) is 18.7 Å². The molecule has 4 nitrogen and oxygen atoms in total. The normalized spacial score (nSPS) is 20.2. The summed E-state index contributed by atoms with van der Waals surface area (Å²) in [5, 5.41) is 12.4. The average Bonchev–Trinajstić information content (AvgIpc) is 2.58. The Morgan fingerprint density at radius 3 is 2.69 bits per heavy atom. The molecular formula is C20H21F2NO3. The van der Waals surface area contributed by atoms with Gasteiger partial charge in [-0.2, -0.15) is 0 Å². The Balaban J connectivity index is 1.75. The number of aliphatic hydroxyl groups is 1. The molecule has 2 N–H and O–H groups in total. The van der Waals surface area contributed by atoms with Gasteiger partial charge >= 0.3 is 0 Å². The third-order valence-electron chi connectivity index (χ3n) is 4.73. The van der Waals surface area contributed by atoms with Gasteiger partial charge in [-0.25, -0.2) is 8.78 Å². The molecule has 1 atom stereocenters. The number of nitrogens with one attached hydrogen (secondary N) is 1. The first-order valence-corrected chi connectivity index (χ1v) is 8.51. The molecule has 3 rings (SSSR count). The van der Waals surface area contributed by atoms with E-state index in [4.69, 9.17) is 4.74 Å². The van der Waals surface area contributed by atoms with Gasteiger partial charge in [0.15, 0.2) is 0 Å². The van der Waals surface area contributed by atoms with Gasteiger partial charge in [-0.05, 0) is 42.5 Å². The minimum Gasteiger partial charge on any atom is -0.497 e. The molecule has 1 amide bonds. The fourth-order valence-corrected chi connectivity index (χ4v) is 3.30. The number of ether oxygens (including phenoxy) is 1. The monoisotopic (exact) mass is 361 g/mol. The zero-order valence-corrected chi connectivity index (χ0v) is 14.4. The number of hydrogen-bond acceptors (Lipinski definition) is 3. The van der Waals surface area contributed by atoms with Gasteiger partial charge in [0.25, 0.3) is 0 Å². The van der Waals surface area contributed by atoms with Crippen molar-refractivity contribution >= 4 is 5.91 Å². The number of benzene rings is 2. The van der Waals surface area contributed by atoms with Gasteiger partial charge in [-0.15, -0.1) is 0 Å². The molecule has 0 saturated heterocycles. The predicted octanol–water partition coefficient (Wildman–Crippen LogP) is 3.14. The van der Waals surface area contributed by atoms with Gasteiger partial charge in [0.05, 0.1) is 25.7 Å². The molecule has 2 aromatic carbocycles. The van der Waals surface area contributed by atoms with Crippen LogP contribution in [0.2, 0.25) is 0 Å². The van der Waals surface area contributed by atoms with Crippen LogP contribution in [0.15, 0.2) is 42.5 Å². The van der Waals surface area contributed by atoms with E-state index in [0.717, 1.165) is 11.6 Å². The topological polar surface area (TPSA) is 58.6 Å². The Kier molecular flexibility index (Phi) is 5.52. The number of carbonyl (C=O) groups excluding carboxylic acids is 1. The van der Waals surface area contributed by atoms with Crippen molar-refractivity contribution in [3.8, 4) is 5.75 Å². The molecule has 1 unspecified atom stereocenters. The summed E-state index contributed by atoms with van der Waals surface area (Å²) in [7, 11) is 1.55. The SMILES string of the molecule is COc1cccc(CC(=O)NC(c2ccc(F)cc2F)C2CC(O)C2)c1. The van der Waals surface area contributed by atoms with Crippen LogP contribution in [0.25, 0.3) is 0 Å². The molecule has 1 saturated carbocycles. The van der Waals surface area contributed by atoms with E-state index in [1.807, 2.05) is 6.07 Å². The van der Waals surface area contributed by atoms with Crippen molar-refractivity contribution in [3.63, 3.8) is 0 Å². The second-order valence-electron chi connectivity index (χ2n) is 6.62. The lowest BCUT2D eigenvalue weighted by atomic mass is 9.75. The highest BCUT2D eigenvalue weighted by atomic mass is 19.1. The summed E-state index contributed by atoms with van der Waals surface area (Å²) in [6.45, 7) is 0. The van der Waals surface area contributed by atoms with Gasteiger partial charge < -0.3 is 15.2 Å². The van der Waals surface area contributed by atoms with Crippen LogP contribution >= 0.6 is 0 Å². The van der Waals surface area contributed by atoms with Gasteiger partial charge in [0.1, 0.15) is 17.4 Å². The van der Waals surface area contributed by atoms with Crippen molar-refractivity contribution in [1.29, 1.82) is 0 Å². The van der Waals surface area contributed by atoms with Crippen LogP contribution in [0, 0.1) is 17.6 Å². The summed E-state index contributed by atoms with van der Waals surface area (Å²) in [5.74, 6) is -1.06. The largest absolute Gasteiger partial charge is 0.497 e. The summed E-state index contributed by atoms with van der Waals surface area (Å²) in [6.07, 6.45) is 0.620. The fraction of sp³-hybridized carbons (Fsp3) is 0.350. The molecule has 2 aromatic rings. The lowest BCUT2D eigenvalue weighted by Crippen LogP contribution is -2.42. The number of aliphatic hydroxyl groups excluding tert-OH is 1. The Labute approximate surface area is 150 Å². The minimum atomic E-state index is -0.696. The van der Waals surface area contributed by atoms with Crippen LogP contribution in [0.1, 0.15) is 30.0 Å². The Morgan fingerprint density at radius 2 is 2.04 bits per heavy atom. The molecule has 0 aromatic heterocycles. The van der Waals surface area contributed by atoms with Crippen LogP contribution in [0.5, 0.6) is 5.75 Å². The summed E-state index contributed by atoms with van der Waals surface area (Å²) in [5.41, 5.74) is 1.01. The zero-order valence-electron chi connectivity index (χ0n) is 14.4. The molecule has 0 heterocycles. The van der Waals surface area contributed by atoms with Crippen LogP contribution in [0.4, 0.5) is 8.78 Å². The first kappa shape index (κ1) is 18.3. The predicted molar refractivity (Wildman–Crippen MR) is 92.7 cm³/mol. The standard InChI is InChI=1S/C20H21F2NO3/c1-26-16-4-2-3-12(7-16)8-19(25)23-20(13-9-15(24)10-13)17-6-5-14(21)11-18(17)22/h2-7,11,13,15,20,24H,8-10H2,1H3,(H,23,25). The molecule has 6 heteroatoms. The van der Waals surface area contributed by atoms with Crippen molar-refractivity contribution in [2.75, 3.05) is 7.11 Å². The van der Waals surface area contributed by atoms with Crippen LogP contribution in [-0.2, 0) is 11.2 Å². The van der Waals surface area contributed by atoms with Gasteiger partial charge in [-0.3, -0.25) is 4.79 Å². The number of hydrogen-bond donors (Lipinski definition) is 2. The first-order valence-electron chi connectivity index (χ1n) is 8.51. The maximum absolute atomic E-state index is 14.2. The van der Waals surface area contributed by atoms with E-state index in [1.165, 1.54) is 12.1 Å². The van der Waals surface area contributed by atoms with Crippen molar-refractivity contribution in [2.45, 2.75) is 31.4 Å². The number of halogens is 2. The smallest absolute Gasteiger partial charge is 0.224 e. The Morgan fingerprint density at radius 1 is 1.27 bits per heavy atom. The Hall–Kier alpha value is -2.47. The fourth-order valence-electron chi connectivity index (χ4n) is 3.30. The van der Waals surface area contributed by atoms with Crippen molar-refractivity contribution in [2.24, 2.45) is 5.92 Å². The number of carbonyl (C=O) groups is 1. The number of amides is 1. The zero-order chi connectivity index (χ0) is 18.7. The highest BCUT2D eigenvalue weighted by molar-refractivity contribution is 5.79. The molecular weight excluding hydrogens is 340 g/mol. The minimum absolute atomic E-state index is 0.0841. The third kappa shape index (κ3) is 4.19. The van der Waals surface area contributed by atoms with E-state index >= 15 is 0 Å². The summed E-state index contributed by atoms with van der Waals surface area (Å²) in [6, 6.07) is 9.89. The lowest BCUT2D eigenvalue weighted by molar-refractivity contribution is -0.122. The van der Waals surface area contributed by atoms with Crippen LogP contribution in [0.3, 0.4) is 0 Å². The highest BCUT2D eigenvalue weighted by Crippen LogP contribution is 2.39. The quantitative estimate of drug-likeness (QED) is 0.831. The molecule has 0 aliphatic heterocycles. The number of methoxy groups -OCH3 is 1. The molecule has 1 fully saturated rings. The van der Waals surface area contributed by atoms with E-state index in [2.05, 4.69) is 5.32 Å². The second kappa shape index (κ2) is 7.83. The average molecular weight is 361 g/mol. The summed E-state index contributed by atoms with van der Waals surface area (Å²) >= 11 is 0. The summed E-state index contributed by atoms with van der Waals surface area (Å²) in [4.78, 5) is 12.5. The van der Waals surface area contributed by atoms with Crippen molar-refractivity contribution in [3.05, 3.63) is 65.2 Å². The second-order valence-corrected chi connectivity index (χ2v) is 6.62. The number of rotatable bonds is 6. The van der Waals surface area contributed by atoms with E-state index in [-0.39, 0.29) is 23.8 Å². The van der Waals surface area contributed by atoms with Crippen molar-refractivity contribution < 1.29 is 23.4 Å². The molecule has 1 aliphatic carbocycles. The van der Waals surface area contributed by atoms with Gasteiger partial charge in [0.2, 0.25) is 5.91 Å². The molecule has 26 heavy (non-hydrogen) atoms. The maximum Gasteiger partial charge on any atom is 0.224 e. The molecule has 0 radical (unpaired) electrons. The molecule has 0 spiro atoms. The highest BCUT2D eigenvalue weighted by Gasteiger charge is 2.36. The third-order valence-corrected chi connectivity index (χ3v) is 4.73. The molecule has 1 aliphatic rings. The maximum atomic E-state index is 14.2. The molecule has 138 valence electrons. The van der Waals surface area contributed by atoms with Crippen molar-refractivity contribution in [1.82, 2.24) is 5.32 Å². The van der Waals surface area contributed by atoms with E-state index in [1.54, 1.807) is 25.3 Å².